The van der Waals surface area contributed by atoms with E-state index in [9.17, 15) is 23.1 Å². The number of hydrogen-bond donors (Lipinski definition) is 2. The minimum Gasteiger partial charge on any atom is -0.387 e. The Labute approximate surface area is 147 Å². The van der Waals surface area contributed by atoms with Crippen molar-refractivity contribution in [2.45, 2.75) is 19.2 Å². The molecule has 1 atom stereocenters. The second-order valence-electron chi connectivity index (χ2n) is 5.82. The molecule has 2 heterocycles. The molecule has 0 aliphatic heterocycles. The number of amides is 1. The molecule has 3 aromatic rings. The van der Waals surface area contributed by atoms with Gasteiger partial charge in [0, 0.05) is 12.7 Å². The summed E-state index contributed by atoms with van der Waals surface area (Å²) in [6.07, 6.45) is -3.85. The van der Waals surface area contributed by atoms with Crippen molar-refractivity contribution in [1.29, 1.82) is 0 Å². The van der Waals surface area contributed by atoms with Crippen LogP contribution in [0.1, 0.15) is 33.4 Å². The minimum absolute atomic E-state index is 0.135. The highest BCUT2D eigenvalue weighted by Gasteiger charge is 2.30. The third kappa shape index (κ3) is 3.55. The van der Waals surface area contributed by atoms with Crippen LogP contribution < -0.4 is 5.32 Å². The van der Waals surface area contributed by atoms with Gasteiger partial charge in [0.1, 0.15) is 11.3 Å². The van der Waals surface area contributed by atoms with E-state index in [0.717, 1.165) is 12.1 Å². The van der Waals surface area contributed by atoms with Gasteiger partial charge in [0.25, 0.3) is 5.91 Å². The lowest BCUT2D eigenvalue weighted by Crippen LogP contribution is -2.29. The maximum atomic E-state index is 12.6. The summed E-state index contributed by atoms with van der Waals surface area (Å²) in [7, 11) is 0. The first kappa shape index (κ1) is 17.9. The molecule has 0 saturated carbocycles. The zero-order valence-corrected chi connectivity index (χ0v) is 13.8. The number of nitrogens with zero attached hydrogens (tertiary/aromatic N) is 2. The van der Waals surface area contributed by atoms with E-state index in [-0.39, 0.29) is 12.1 Å². The number of pyridine rings is 1. The lowest BCUT2D eigenvalue weighted by atomic mass is 10.1. The van der Waals surface area contributed by atoms with Crippen molar-refractivity contribution in [2.24, 2.45) is 0 Å². The average molecular weight is 363 g/mol. The van der Waals surface area contributed by atoms with E-state index < -0.39 is 23.8 Å². The summed E-state index contributed by atoms with van der Waals surface area (Å²) in [5.74, 6) is -0.424. The minimum atomic E-state index is -4.43. The van der Waals surface area contributed by atoms with Crippen LogP contribution in [0.25, 0.3) is 5.65 Å². The number of nitrogens with one attached hydrogen (secondary N) is 1. The molecule has 2 aromatic heterocycles. The molecule has 3 rings (SSSR count). The van der Waals surface area contributed by atoms with Crippen LogP contribution in [0.5, 0.6) is 0 Å². The van der Waals surface area contributed by atoms with Crippen molar-refractivity contribution in [1.82, 2.24) is 14.7 Å². The topological polar surface area (TPSA) is 66.6 Å². The number of imidazole rings is 1. The molecule has 0 aliphatic rings. The van der Waals surface area contributed by atoms with E-state index in [1.165, 1.54) is 12.1 Å². The fraction of sp³-hybridized carbons (Fsp3) is 0.222. The van der Waals surface area contributed by atoms with E-state index in [2.05, 4.69) is 10.3 Å². The molecule has 8 heteroatoms. The number of halogens is 3. The molecule has 0 bridgehead atoms. The number of aryl methyl sites for hydroxylation is 1. The normalized spacial score (nSPS) is 13.0. The van der Waals surface area contributed by atoms with E-state index in [1.54, 1.807) is 35.7 Å². The fourth-order valence-electron chi connectivity index (χ4n) is 2.67. The fourth-order valence-corrected chi connectivity index (χ4v) is 2.67. The summed E-state index contributed by atoms with van der Waals surface area (Å²) in [6, 6.07) is 9.52. The molecule has 1 aromatic carbocycles. The molecule has 5 nitrogen and oxygen atoms in total. The van der Waals surface area contributed by atoms with Crippen molar-refractivity contribution in [3.05, 3.63) is 71.2 Å². The predicted molar refractivity (Wildman–Crippen MR) is 88.7 cm³/mol. The molecule has 0 spiro atoms. The van der Waals surface area contributed by atoms with E-state index in [0.29, 0.717) is 17.0 Å². The SMILES string of the molecule is Cc1nc2ccccn2c1C(=O)NCC(O)c1ccc(C(F)(F)F)cc1. The quantitative estimate of drug-likeness (QED) is 0.748. The molecular formula is C18H16F3N3O2. The Morgan fingerprint density at radius 2 is 1.92 bits per heavy atom. The Balaban J connectivity index is 1.70. The number of aliphatic hydroxyl groups is 1. The first-order chi connectivity index (χ1) is 12.3. The summed E-state index contributed by atoms with van der Waals surface area (Å²) in [5.41, 5.74) is 1.00. The van der Waals surface area contributed by atoms with Gasteiger partial charge in [-0.3, -0.25) is 9.20 Å². The summed E-state index contributed by atoms with van der Waals surface area (Å²) in [4.78, 5) is 16.7. The number of aromatic nitrogens is 2. The van der Waals surface area contributed by atoms with Crippen molar-refractivity contribution in [2.75, 3.05) is 6.54 Å². The first-order valence-corrected chi connectivity index (χ1v) is 7.84. The van der Waals surface area contributed by atoms with Crippen LogP contribution in [0.4, 0.5) is 13.2 Å². The van der Waals surface area contributed by atoms with Crippen LogP contribution in [0.15, 0.2) is 48.7 Å². The largest absolute Gasteiger partial charge is 0.416 e. The van der Waals surface area contributed by atoms with E-state index >= 15 is 0 Å². The van der Waals surface area contributed by atoms with Gasteiger partial charge in [-0.15, -0.1) is 0 Å². The van der Waals surface area contributed by atoms with Crippen LogP contribution in [0.3, 0.4) is 0 Å². The summed E-state index contributed by atoms with van der Waals surface area (Å²) < 4.78 is 39.3. The van der Waals surface area contributed by atoms with Gasteiger partial charge in [-0.1, -0.05) is 18.2 Å². The van der Waals surface area contributed by atoms with Crippen molar-refractivity contribution in [3.63, 3.8) is 0 Å². The lowest BCUT2D eigenvalue weighted by Gasteiger charge is -2.14. The standard InChI is InChI=1S/C18H16F3N3O2/c1-11-16(24-9-3-2-4-15(24)23-11)17(26)22-10-14(25)12-5-7-13(8-6-12)18(19,20)21/h2-9,14,25H,10H2,1H3,(H,22,26). The Morgan fingerprint density at radius 3 is 2.58 bits per heavy atom. The molecule has 26 heavy (non-hydrogen) atoms. The molecule has 0 radical (unpaired) electrons. The van der Waals surface area contributed by atoms with Gasteiger partial charge < -0.3 is 10.4 Å². The molecular weight excluding hydrogens is 347 g/mol. The second-order valence-corrected chi connectivity index (χ2v) is 5.82. The van der Waals surface area contributed by atoms with Crippen LogP contribution in [-0.2, 0) is 6.18 Å². The van der Waals surface area contributed by atoms with Gasteiger partial charge in [0.2, 0.25) is 0 Å². The molecule has 0 saturated heterocycles. The van der Waals surface area contributed by atoms with Crippen molar-refractivity contribution >= 4 is 11.6 Å². The van der Waals surface area contributed by atoms with Crippen molar-refractivity contribution < 1.29 is 23.1 Å². The van der Waals surface area contributed by atoms with E-state index in [4.69, 9.17) is 0 Å². The Bertz CT molecular complexity index is 933. The summed E-state index contributed by atoms with van der Waals surface area (Å²) >= 11 is 0. The lowest BCUT2D eigenvalue weighted by molar-refractivity contribution is -0.137. The predicted octanol–water partition coefficient (Wildman–Crippen LogP) is 3.12. The number of carbonyl (C=O) groups is 1. The van der Waals surface area contributed by atoms with Crippen molar-refractivity contribution in [3.8, 4) is 0 Å². The smallest absolute Gasteiger partial charge is 0.387 e. The maximum Gasteiger partial charge on any atom is 0.416 e. The van der Waals surface area contributed by atoms with Gasteiger partial charge >= 0.3 is 6.18 Å². The molecule has 1 amide bonds. The third-order valence-electron chi connectivity index (χ3n) is 4.00. The first-order valence-electron chi connectivity index (χ1n) is 7.84. The molecule has 136 valence electrons. The number of hydrogen-bond acceptors (Lipinski definition) is 3. The molecule has 2 N–H and O–H groups in total. The van der Waals surface area contributed by atoms with Crippen LogP contribution in [-0.4, -0.2) is 26.9 Å². The Morgan fingerprint density at radius 1 is 1.23 bits per heavy atom. The molecule has 1 unspecified atom stereocenters. The number of carbonyl (C=O) groups excluding carboxylic acids is 1. The van der Waals surface area contributed by atoms with Gasteiger partial charge in [0.05, 0.1) is 17.4 Å². The zero-order chi connectivity index (χ0) is 18.9. The number of alkyl halides is 3. The number of rotatable bonds is 4. The monoisotopic (exact) mass is 363 g/mol. The van der Waals surface area contributed by atoms with Crippen LogP contribution in [0.2, 0.25) is 0 Å². The second kappa shape index (κ2) is 6.80. The van der Waals surface area contributed by atoms with E-state index in [1.807, 2.05) is 0 Å². The summed E-state index contributed by atoms with van der Waals surface area (Å²) in [6.45, 7) is 1.57. The van der Waals surface area contributed by atoms with Gasteiger partial charge in [-0.05, 0) is 36.8 Å². The van der Waals surface area contributed by atoms with Gasteiger partial charge in [-0.2, -0.15) is 13.2 Å². The average Bonchev–Trinajstić information content (AvgIpc) is 2.94. The number of aliphatic hydroxyl groups excluding tert-OH is 1. The maximum absolute atomic E-state index is 12.6. The number of fused-ring (bicyclic) bond motifs is 1. The summed E-state index contributed by atoms with van der Waals surface area (Å²) in [5, 5.41) is 12.7. The Kier molecular flexibility index (Phi) is 4.69. The highest BCUT2D eigenvalue weighted by Crippen LogP contribution is 2.29. The van der Waals surface area contributed by atoms with Crippen LogP contribution in [0, 0.1) is 6.92 Å². The zero-order valence-electron chi connectivity index (χ0n) is 13.8. The number of benzene rings is 1. The highest BCUT2D eigenvalue weighted by molar-refractivity contribution is 5.94. The van der Waals surface area contributed by atoms with Gasteiger partial charge in [0.15, 0.2) is 0 Å². The Hall–Kier alpha value is -2.87. The third-order valence-corrected chi connectivity index (χ3v) is 4.00. The molecule has 0 aliphatic carbocycles. The van der Waals surface area contributed by atoms with Crippen LogP contribution >= 0.6 is 0 Å². The highest BCUT2D eigenvalue weighted by atomic mass is 19.4. The molecule has 0 fully saturated rings. The van der Waals surface area contributed by atoms with Gasteiger partial charge in [-0.25, -0.2) is 4.98 Å².